The molecule has 4 nitrogen and oxygen atoms in total. The molecule has 1 amide bonds. The first-order chi connectivity index (χ1) is 11.8. The second-order valence-corrected chi connectivity index (χ2v) is 7.72. The molecule has 1 heterocycles. The van der Waals surface area contributed by atoms with Crippen molar-refractivity contribution >= 4 is 5.91 Å². The van der Waals surface area contributed by atoms with E-state index in [1.54, 1.807) is 0 Å². The lowest BCUT2D eigenvalue weighted by molar-refractivity contribution is -0.122. The highest BCUT2D eigenvalue weighted by Crippen LogP contribution is 2.20. The van der Waals surface area contributed by atoms with E-state index in [4.69, 9.17) is 0 Å². The van der Waals surface area contributed by atoms with Gasteiger partial charge in [0.2, 0.25) is 5.91 Å². The van der Waals surface area contributed by atoms with Gasteiger partial charge in [-0.25, -0.2) is 4.39 Å². The Kier molecular flexibility index (Phi) is 7.38. The Morgan fingerprint density at radius 3 is 2.48 bits per heavy atom. The van der Waals surface area contributed by atoms with Gasteiger partial charge in [0.05, 0.1) is 6.54 Å². The quantitative estimate of drug-likeness (QED) is 0.858. The minimum atomic E-state index is -0.192. The maximum Gasteiger partial charge on any atom is 0.234 e. The molecule has 0 radical (unpaired) electrons. The molecule has 0 unspecified atom stereocenters. The molecule has 0 bridgehead atoms. The van der Waals surface area contributed by atoms with Gasteiger partial charge in [-0.2, -0.15) is 0 Å². The van der Waals surface area contributed by atoms with E-state index < -0.39 is 0 Å². The molecule has 0 aliphatic carbocycles. The molecule has 2 rings (SSSR count). The molecule has 140 valence electrons. The molecule has 0 saturated carbocycles. The van der Waals surface area contributed by atoms with Crippen LogP contribution >= 0.6 is 0 Å². The summed E-state index contributed by atoms with van der Waals surface area (Å²) in [5.41, 5.74) is 1.14. The third kappa shape index (κ3) is 6.40. The molecule has 1 aromatic carbocycles. The molecule has 1 aromatic rings. The van der Waals surface area contributed by atoms with Gasteiger partial charge < -0.3 is 5.32 Å². The van der Waals surface area contributed by atoms with Crippen LogP contribution in [0.25, 0.3) is 0 Å². The van der Waals surface area contributed by atoms with Crippen LogP contribution in [0, 0.1) is 11.7 Å². The van der Waals surface area contributed by atoms with Gasteiger partial charge in [0.25, 0.3) is 0 Å². The summed E-state index contributed by atoms with van der Waals surface area (Å²) < 4.78 is 13.1. The van der Waals surface area contributed by atoms with Crippen LogP contribution in [0.2, 0.25) is 0 Å². The smallest absolute Gasteiger partial charge is 0.234 e. The van der Waals surface area contributed by atoms with Crippen molar-refractivity contribution < 1.29 is 9.18 Å². The highest BCUT2D eigenvalue weighted by Gasteiger charge is 2.28. The Balaban J connectivity index is 2.02. The molecular formula is C20H32FN3O. The molecule has 1 aliphatic heterocycles. The number of nitrogens with zero attached hydrogens (tertiary/aromatic N) is 2. The largest absolute Gasteiger partial charge is 0.353 e. The maximum atomic E-state index is 13.1. The van der Waals surface area contributed by atoms with Crippen molar-refractivity contribution in [3.05, 3.63) is 35.6 Å². The maximum absolute atomic E-state index is 13.1. The number of hydrogen-bond acceptors (Lipinski definition) is 3. The second kappa shape index (κ2) is 9.30. The minimum Gasteiger partial charge on any atom is -0.353 e. The summed E-state index contributed by atoms with van der Waals surface area (Å²) in [6.45, 7) is 12.6. The van der Waals surface area contributed by atoms with Gasteiger partial charge in [-0.3, -0.25) is 14.6 Å². The van der Waals surface area contributed by atoms with Gasteiger partial charge in [0, 0.05) is 31.7 Å². The number of rotatable bonds is 6. The number of halogens is 1. The first-order valence-corrected chi connectivity index (χ1v) is 9.35. The predicted molar refractivity (Wildman–Crippen MR) is 99.8 cm³/mol. The van der Waals surface area contributed by atoms with Crippen LogP contribution in [0.15, 0.2) is 24.3 Å². The van der Waals surface area contributed by atoms with Crippen LogP contribution in [0.5, 0.6) is 0 Å². The van der Waals surface area contributed by atoms with Gasteiger partial charge in [-0.15, -0.1) is 0 Å². The standard InChI is InChI=1S/C20H32FN3O/c1-15(2)19-13-23(14-20(25)22-16(3)4)10-5-11-24(19)12-17-6-8-18(21)9-7-17/h6-9,15-16,19H,5,10-14H2,1-4H3,(H,22,25)/t19-/m1/s1. The van der Waals surface area contributed by atoms with E-state index >= 15 is 0 Å². The van der Waals surface area contributed by atoms with E-state index in [-0.39, 0.29) is 17.8 Å². The van der Waals surface area contributed by atoms with Crippen molar-refractivity contribution in [2.24, 2.45) is 5.92 Å². The predicted octanol–water partition coefficient (Wildman–Crippen LogP) is 2.88. The minimum absolute atomic E-state index is 0.101. The van der Waals surface area contributed by atoms with Crippen LogP contribution in [0.3, 0.4) is 0 Å². The lowest BCUT2D eigenvalue weighted by Gasteiger charge is -2.34. The molecular weight excluding hydrogens is 317 g/mol. The Bertz CT molecular complexity index is 544. The zero-order valence-corrected chi connectivity index (χ0v) is 16.0. The van der Waals surface area contributed by atoms with Crippen LogP contribution in [-0.4, -0.2) is 54.0 Å². The molecule has 1 N–H and O–H groups in total. The summed E-state index contributed by atoms with van der Waals surface area (Å²) in [6, 6.07) is 7.35. The third-order valence-corrected chi connectivity index (χ3v) is 4.72. The topological polar surface area (TPSA) is 35.6 Å². The fourth-order valence-corrected chi connectivity index (χ4v) is 3.50. The van der Waals surface area contributed by atoms with E-state index in [1.165, 1.54) is 12.1 Å². The Morgan fingerprint density at radius 1 is 1.20 bits per heavy atom. The van der Waals surface area contributed by atoms with Crippen molar-refractivity contribution in [3.8, 4) is 0 Å². The monoisotopic (exact) mass is 349 g/mol. The Morgan fingerprint density at radius 2 is 1.88 bits per heavy atom. The molecule has 1 atom stereocenters. The van der Waals surface area contributed by atoms with Crippen LogP contribution in [-0.2, 0) is 11.3 Å². The van der Waals surface area contributed by atoms with Crippen molar-refractivity contribution in [1.82, 2.24) is 15.1 Å². The molecule has 0 aromatic heterocycles. The molecule has 1 aliphatic rings. The SMILES string of the molecule is CC(C)NC(=O)CN1CCCN(Cc2ccc(F)cc2)[C@@H](C(C)C)C1. The number of hydrogen-bond donors (Lipinski definition) is 1. The highest BCUT2D eigenvalue weighted by atomic mass is 19.1. The Labute approximate surface area is 151 Å². The van der Waals surface area contributed by atoms with Crippen molar-refractivity contribution in [1.29, 1.82) is 0 Å². The van der Waals surface area contributed by atoms with E-state index in [2.05, 4.69) is 29.0 Å². The van der Waals surface area contributed by atoms with Crippen molar-refractivity contribution in [2.45, 2.75) is 52.7 Å². The van der Waals surface area contributed by atoms with Gasteiger partial charge in [0.15, 0.2) is 0 Å². The van der Waals surface area contributed by atoms with E-state index in [0.717, 1.165) is 38.2 Å². The summed E-state index contributed by atoms with van der Waals surface area (Å²) >= 11 is 0. The number of carbonyl (C=O) groups excluding carboxylic acids is 1. The van der Waals surface area contributed by atoms with E-state index in [0.29, 0.717) is 18.5 Å². The average Bonchev–Trinajstić information content (AvgIpc) is 2.71. The van der Waals surface area contributed by atoms with E-state index in [1.807, 2.05) is 26.0 Å². The van der Waals surface area contributed by atoms with Crippen LogP contribution in [0.1, 0.15) is 39.7 Å². The van der Waals surface area contributed by atoms with Gasteiger partial charge in [-0.05, 0) is 50.4 Å². The summed E-state index contributed by atoms with van der Waals surface area (Å²) in [5, 5.41) is 2.98. The normalized spacial score (nSPS) is 20.0. The van der Waals surface area contributed by atoms with Crippen molar-refractivity contribution in [3.63, 3.8) is 0 Å². The number of benzene rings is 1. The van der Waals surface area contributed by atoms with Crippen molar-refractivity contribution in [2.75, 3.05) is 26.2 Å². The van der Waals surface area contributed by atoms with Crippen LogP contribution < -0.4 is 5.32 Å². The summed E-state index contributed by atoms with van der Waals surface area (Å²) in [6.07, 6.45) is 1.04. The first kappa shape index (κ1) is 19.9. The zero-order chi connectivity index (χ0) is 18.4. The fraction of sp³-hybridized carbons (Fsp3) is 0.650. The number of nitrogens with one attached hydrogen (secondary N) is 1. The average molecular weight is 349 g/mol. The lowest BCUT2D eigenvalue weighted by atomic mass is 10.0. The van der Waals surface area contributed by atoms with E-state index in [9.17, 15) is 9.18 Å². The first-order valence-electron chi connectivity index (χ1n) is 9.35. The van der Waals surface area contributed by atoms with Gasteiger partial charge in [-0.1, -0.05) is 26.0 Å². The molecule has 1 fully saturated rings. The lowest BCUT2D eigenvalue weighted by Crippen LogP contribution is -2.47. The molecule has 1 saturated heterocycles. The second-order valence-electron chi connectivity index (χ2n) is 7.72. The van der Waals surface area contributed by atoms with Crippen LogP contribution in [0.4, 0.5) is 4.39 Å². The number of carbonyl (C=O) groups is 1. The highest BCUT2D eigenvalue weighted by molar-refractivity contribution is 5.78. The molecule has 0 spiro atoms. The van der Waals surface area contributed by atoms with Gasteiger partial charge >= 0.3 is 0 Å². The Hall–Kier alpha value is -1.46. The third-order valence-electron chi connectivity index (χ3n) is 4.72. The molecule has 25 heavy (non-hydrogen) atoms. The number of amides is 1. The molecule has 5 heteroatoms. The summed E-state index contributed by atoms with van der Waals surface area (Å²) in [7, 11) is 0. The summed E-state index contributed by atoms with van der Waals surface area (Å²) in [5.74, 6) is 0.404. The summed E-state index contributed by atoms with van der Waals surface area (Å²) in [4.78, 5) is 16.9. The zero-order valence-electron chi connectivity index (χ0n) is 16.0. The fourth-order valence-electron chi connectivity index (χ4n) is 3.50. The van der Waals surface area contributed by atoms with Gasteiger partial charge in [0.1, 0.15) is 5.82 Å².